The molecule has 0 saturated carbocycles. The second-order valence-electron chi connectivity index (χ2n) is 3.72. The van der Waals surface area contributed by atoms with Crippen LogP contribution in [-0.4, -0.2) is 5.97 Å². The van der Waals surface area contributed by atoms with Gasteiger partial charge >= 0.3 is 5.97 Å². The highest BCUT2D eigenvalue weighted by atomic mass is 79.9. The summed E-state index contributed by atoms with van der Waals surface area (Å²) in [5, 5.41) is 0. The Morgan fingerprint density at radius 2 is 2.29 bits per heavy atom. The van der Waals surface area contributed by atoms with E-state index in [1.165, 1.54) is 0 Å². The first-order chi connectivity index (χ1) is 6.60. The van der Waals surface area contributed by atoms with Gasteiger partial charge in [0.15, 0.2) is 0 Å². The van der Waals surface area contributed by atoms with Crippen LogP contribution < -0.4 is 0 Å². The van der Waals surface area contributed by atoms with Crippen LogP contribution in [-0.2, 0) is 15.1 Å². The van der Waals surface area contributed by atoms with Crippen molar-refractivity contribution in [2.24, 2.45) is 0 Å². The fourth-order valence-corrected chi connectivity index (χ4v) is 2.11. The SMILES string of the molecule is CC1(c2cccc(Br)c2)CCC(=O)O1. The van der Waals surface area contributed by atoms with Gasteiger partial charge in [-0.15, -0.1) is 0 Å². The summed E-state index contributed by atoms with van der Waals surface area (Å²) in [5.41, 5.74) is 0.624. The van der Waals surface area contributed by atoms with Crippen molar-refractivity contribution in [2.45, 2.75) is 25.4 Å². The zero-order chi connectivity index (χ0) is 10.2. The summed E-state index contributed by atoms with van der Waals surface area (Å²) >= 11 is 3.41. The molecule has 0 amide bonds. The molecule has 0 radical (unpaired) electrons. The van der Waals surface area contributed by atoms with Crippen molar-refractivity contribution in [1.29, 1.82) is 0 Å². The van der Waals surface area contributed by atoms with Gasteiger partial charge < -0.3 is 4.74 Å². The number of esters is 1. The minimum atomic E-state index is -0.430. The average molecular weight is 255 g/mol. The van der Waals surface area contributed by atoms with E-state index < -0.39 is 5.60 Å². The van der Waals surface area contributed by atoms with Gasteiger partial charge in [-0.1, -0.05) is 28.1 Å². The van der Waals surface area contributed by atoms with Crippen LogP contribution >= 0.6 is 15.9 Å². The Morgan fingerprint density at radius 3 is 2.86 bits per heavy atom. The molecule has 74 valence electrons. The molecule has 1 atom stereocenters. The summed E-state index contributed by atoms with van der Waals surface area (Å²) in [6.07, 6.45) is 1.28. The van der Waals surface area contributed by atoms with Crippen molar-refractivity contribution in [3.8, 4) is 0 Å². The van der Waals surface area contributed by atoms with Crippen LogP contribution in [0.15, 0.2) is 28.7 Å². The molecule has 1 aliphatic heterocycles. The van der Waals surface area contributed by atoms with Crippen LogP contribution in [0.2, 0.25) is 0 Å². The number of hydrogen-bond donors (Lipinski definition) is 0. The van der Waals surface area contributed by atoms with Crippen LogP contribution in [0.25, 0.3) is 0 Å². The molecule has 0 N–H and O–H groups in total. The van der Waals surface area contributed by atoms with Crippen LogP contribution in [0.1, 0.15) is 25.3 Å². The third-order valence-corrected chi connectivity index (χ3v) is 3.07. The molecule has 0 aliphatic carbocycles. The van der Waals surface area contributed by atoms with E-state index in [2.05, 4.69) is 15.9 Å². The molecule has 1 aliphatic rings. The van der Waals surface area contributed by atoms with Gasteiger partial charge in [-0.2, -0.15) is 0 Å². The Morgan fingerprint density at radius 1 is 1.50 bits per heavy atom. The van der Waals surface area contributed by atoms with Gasteiger partial charge in [-0.05, 0) is 24.6 Å². The zero-order valence-electron chi connectivity index (χ0n) is 7.92. The maximum atomic E-state index is 11.1. The molecule has 2 rings (SSSR count). The minimum absolute atomic E-state index is 0.104. The molecule has 2 nitrogen and oxygen atoms in total. The maximum absolute atomic E-state index is 11.1. The Labute approximate surface area is 91.4 Å². The van der Waals surface area contributed by atoms with Crippen molar-refractivity contribution in [1.82, 2.24) is 0 Å². The van der Waals surface area contributed by atoms with Gasteiger partial charge in [-0.25, -0.2) is 0 Å². The molecule has 1 fully saturated rings. The number of ether oxygens (including phenoxy) is 1. The largest absolute Gasteiger partial charge is 0.454 e. The lowest BCUT2D eigenvalue weighted by Gasteiger charge is -2.23. The van der Waals surface area contributed by atoms with Crippen LogP contribution in [0, 0.1) is 0 Å². The summed E-state index contributed by atoms with van der Waals surface area (Å²) in [5.74, 6) is -0.104. The molecule has 0 bridgehead atoms. The Bertz CT molecular complexity index is 375. The zero-order valence-corrected chi connectivity index (χ0v) is 9.50. The van der Waals surface area contributed by atoms with Gasteiger partial charge in [0.1, 0.15) is 5.60 Å². The summed E-state index contributed by atoms with van der Waals surface area (Å²) in [4.78, 5) is 11.1. The van der Waals surface area contributed by atoms with Gasteiger partial charge in [0.05, 0.1) is 0 Å². The molecule has 1 aromatic carbocycles. The fraction of sp³-hybridized carbons (Fsp3) is 0.364. The number of halogens is 1. The molecule has 0 spiro atoms. The van der Waals surface area contributed by atoms with Crippen molar-refractivity contribution in [3.05, 3.63) is 34.3 Å². The van der Waals surface area contributed by atoms with Crippen LogP contribution in [0.5, 0.6) is 0 Å². The number of rotatable bonds is 1. The normalized spacial score (nSPS) is 26.3. The van der Waals surface area contributed by atoms with E-state index in [-0.39, 0.29) is 5.97 Å². The molecule has 1 saturated heterocycles. The van der Waals surface area contributed by atoms with Crippen LogP contribution in [0.4, 0.5) is 0 Å². The molecule has 1 heterocycles. The molecule has 1 unspecified atom stereocenters. The molecule has 0 aromatic heterocycles. The quantitative estimate of drug-likeness (QED) is 0.721. The van der Waals surface area contributed by atoms with E-state index in [4.69, 9.17) is 4.74 Å². The maximum Gasteiger partial charge on any atom is 0.306 e. The average Bonchev–Trinajstić information content (AvgIpc) is 2.48. The lowest BCUT2D eigenvalue weighted by molar-refractivity contribution is -0.147. The van der Waals surface area contributed by atoms with E-state index in [1.807, 2.05) is 31.2 Å². The predicted molar refractivity (Wildman–Crippen MR) is 56.8 cm³/mol. The lowest BCUT2D eigenvalue weighted by atomic mass is 9.93. The van der Waals surface area contributed by atoms with Gasteiger partial charge in [0, 0.05) is 17.3 Å². The van der Waals surface area contributed by atoms with Gasteiger partial charge in [0.25, 0.3) is 0 Å². The number of hydrogen-bond acceptors (Lipinski definition) is 2. The molecule has 14 heavy (non-hydrogen) atoms. The number of cyclic esters (lactones) is 1. The summed E-state index contributed by atoms with van der Waals surface area (Å²) < 4.78 is 6.34. The minimum Gasteiger partial charge on any atom is -0.454 e. The van der Waals surface area contributed by atoms with E-state index in [1.54, 1.807) is 0 Å². The highest BCUT2D eigenvalue weighted by Gasteiger charge is 2.37. The monoisotopic (exact) mass is 254 g/mol. The Hall–Kier alpha value is -0.830. The van der Waals surface area contributed by atoms with Gasteiger partial charge in [-0.3, -0.25) is 4.79 Å². The molecule has 3 heteroatoms. The molecular formula is C11H11BrO2. The second kappa shape index (κ2) is 3.39. The molecule has 1 aromatic rings. The molecular weight excluding hydrogens is 244 g/mol. The summed E-state index contributed by atoms with van der Waals surface area (Å²) in [6, 6.07) is 7.91. The van der Waals surface area contributed by atoms with Crippen molar-refractivity contribution >= 4 is 21.9 Å². The van der Waals surface area contributed by atoms with E-state index in [9.17, 15) is 4.79 Å². The number of carbonyl (C=O) groups excluding carboxylic acids is 1. The third-order valence-electron chi connectivity index (χ3n) is 2.58. The Balaban J connectivity index is 2.34. The number of carbonyl (C=O) groups is 1. The second-order valence-corrected chi connectivity index (χ2v) is 4.63. The smallest absolute Gasteiger partial charge is 0.306 e. The first kappa shape index (κ1) is 9.71. The fourth-order valence-electron chi connectivity index (χ4n) is 1.71. The first-order valence-electron chi connectivity index (χ1n) is 4.58. The Kier molecular flexibility index (Phi) is 2.35. The highest BCUT2D eigenvalue weighted by molar-refractivity contribution is 9.10. The number of benzene rings is 1. The van der Waals surface area contributed by atoms with E-state index in [0.717, 1.165) is 16.5 Å². The summed E-state index contributed by atoms with van der Waals surface area (Å²) in [7, 11) is 0. The first-order valence-corrected chi connectivity index (χ1v) is 5.37. The lowest BCUT2D eigenvalue weighted by Crippen LogP contribution is -2.20. The van der Waals surface area contributed by atoms with Gasteiger partial charge in [0.2, 0.25) is 0 Å². The topological polar surface area (TPSA) is 26.3 Å². The van der Waals surface area contributed by atoms with E-state index >= 15 is 0 Å². The van der Waals surface area contributed by atoms with Crippen LogP contribution in [0.3, 0.4) is 0 Å². The van der Waals surface area contributed by atoms with Crippen molar-refractivity contribution in [2.75, 3.05) is 0 Å². The van der Waals surface area contributed by atoms with Crippen molar-refractivity contribution in [3.63, 3.8) is 0 Å². The van der Waals surface area contributed by atoms with Crippen molar-refractivity contribution < 1.29 is 9.53 Å². The highest BCUT2D eigenvalue weighted by Crippen LogP contribution is 2.36. The predicted octanol–water partition coefficient (Wildman–Crippen LogP) is 3.00. The summed E-state index contributed by atoms with van der Waals surface area (Å²) in [6.45, 7) is 1.96. The third kappa shape index (κ3) is 1.69. The standard InChI is InChI=1S/C11H11BrO2/c1-11(6-5-10(13)14-11)8-3-2-4-9(12)7-8/h2-4,7H,5-6H2,1H3. The van der Waals surface area contributed by atoms with E-state index in [0.29, 0.717) is 6.42 Å².